The molecule has 0 saturated heterocycles. The fourth-order valence-electron chi connectivity index (χ4n) is 2.17. The normalized spacial score (nSPS) is 14.6. The highest BCUT2D eigenvalue weighted by Crippen LogP contribution is 2.29. The molecule has 2 aromatic rings. The van der Waals surface area contributed by atoms with Crippen molar-refractivity contribution in [2.45, 2.75) is 0 Å². The van der Waals surface area contributed by atoms with Crippen molar-refractivity contribution in [2.24, 2.45) is 0 Å². The van der Waals surface area contributed by atoms with Gasteiger partial charge in [0, 0.05) is 6.08 Å². The Hall–Kier alpha value is -2.82. The second-order valence-electron chi connectivity index (χ2n) is 4.50. The number of imide groups is 1. The summed E-state index contributed by atoms with van der Waals surface area (Å²) in [5, 5.41) is 0. The maximum atomic E-state index is 13.8. The van der Waals surface area contributed by atoms with E-state index in [9.17, 15) is 18.4 Å². The highest BCUT2D eigenvalue weighted by Gasteiger charge is 2.34. The van der Waals surface area contributed by atoms with Crippen molar-refractivity contribution in [3.63, 3.8) is 0 Å². The van der Waals surface area contributed by atoms with Crippen LogP contribution >= 0.6 is 0 Å². The Kier molecular flexibility index (Phi) is 3.10. The zero-order valence-corrected chi connectivity index (χ0v) is 10.7. The summed E-state index contributed by atoms with van der Waals surface area (Å²) in [7, 11) is 0. The van der Waals surface area contributed by atoms with Gasteiger partial charge in [0.2, 0.25) is 0 Å². The molecule has 1 heterocycles. The molecule has 0 fully saturated rings. The summed E-state index contributed by atoms with van der Waals surface area (Å²) in [4.78, 5) is 25.1. The lowest BCUT2D eigenvalue weighted by molar-refractivity contribution is -0.119. The highest BCUT2D eigenvalue weighted by atomic mass is 19.1. The van der Waals surface area contributed by atoms with Gasteiger partial charge in [0.25, 0.3) is 11.8 Å². The van der Waals surface area contributed by atoms with Gasteiger partial charge in [-0.25, -0.2) is 13.7 Å². The Labute approximate surface area is 119 Å². The van der Waals surface area contributed by atoms with Crippen LogP contribution < -0.4 is 4.90 Å². The molecule has 0 N–H and O–H groups in total. The predicted octanol–water partition coefficient (Wildman–Crippen LogP) is 2.92. The van der Waals surface area contributed by atoms with E-state index in [1.165, 1.54) is 48.5 Å². The van der Waals surface area contributed by atoms with Crippen molar-refractivity contribution >= 4 is 23.1 Å². The van der Waals surface area contributed by atoms with Crippen LogP contribution in [0, 0.1) is 11.6 Å². The van der Waals surface area contributed by atoms with Gasteiger partial charge in [-0.15, -0.1) is 0 Å². The second-order valence-corrected chi connectivity index (χ2v) is 4.50. The first-order valence-corrected chi connectivity index (χ1v) is 6.18. The molecule has 3 rings (SSSR count). The van der Waals surface area contributed by atoms with E-state index in [4.69, 9.17) is 0 Å². The van der Waals surface area contributed by atoms with Crippen molar-refractivity contribution in [1.29, 1.82) is 0 Å². The number of para-hydroxylation sites is 1. The van der Waals surface area contributed by atoms with Gasteiger partial charge in [-0.1, -0.05) is 24.3 Å². The molecule has 0 atom stereocenters. The Bertz CT molecular complexity index is 766. The van der Waals surface area contributed by atoms with E-state index < -0.39 is 23.4 Å². The molecule has 2 aromatic carbocycles. The number of carbonyl (C=O) groups is 2. The van der Waals surface area contributed by atoms with Gasteiger partial charge in [-0.05, 0) is 29.8 Å². The maximum absolute atomic E-state index is 13.8. The average Bonchev–Trinajstić information content (AvgIpc) is 2.76. The van der Waals surface area contributed by atoms with E-state index >= 15 is 0 Å². The zero-order chi connectivity index (χ0) is 15.0. The van der Waals surface area contributed by atoms with E-state index in [0.29, 0.717) is 5.56 Å². The third-order valence-corrected chi connectivity index (χ3v) is 3.17. The fraction of sp³-hybridized carbons (Fsp3) is 0. The number of nitrogens with zero attached hydrogens (tertiary/aromatic N) is 1. The third-order valence-electron chi connectivity index (χ3n) is 3.17. The largest absolute Gasteiger partial charge is 0.269 e. The number of hydrogen-bond donors (Lipinski definition) is 0. The molecule has 0 aromatic heterocycles. The van der Waals surface area contributed by atoms with Crippen LogP contribution in [0.4, 0.5) is 14.5 Å². The Balaban J connectivity index is 2.00. The molecule has 1 aliphatic heterocycles. The van der Waals surface area contributed by atoms with Crippen LogP contribution in [-0.4, -0.2) is 11.8 Å². The predicted molar refractivity (Wildman–Crippen MR) is 73.3 cm³/mol. The summed E-state index contributed by atoms with van der Waals surface area (Å²) in [5.41, 5.74) is 0.428. The maximum Gasteiger partial charge on any atom is 0.266 e. The summed E-state index contributed by atoms with van der Waals surface area (Å²) in [5.74, 6) is -2.35. The van der Waals surface area contributed by atoms with Gasteiger partial charge in [0.1, 0.15) is 11.6 Å². The molecule has 2 amide bonds. The summed E-state index contributed by atoms with van der Waals surface area (Å²) < 4.78 is 26.7. The van der Waals surface area contributed by atoms with E-state index in [0.717, 1.165) is 11.0 Å². The van der Waals surface area contributed by atoms with Crippen LogP contribution in [0.3, 0.4) is 0 Å². The molecule has 0 aliphatic carbocycles. The molecule has 5 heteroatoms. The topological polar surface area (TPSA) is 37.4 Å². The van der Waals surface area contributed by atoms with Crippen LogP contribution in [0.2, 0.25) is 0 Å². The van der Waals surface area contributed by atoms with Crippen LogP contribution in [-0.2, 0) is 9.59 Å². The molecule has 1 aliphatic rings. The first-order chi connectivity index (χ1) is 10.1. The Morgan fingerprint density at radius 1 is 0.857 bits per heavy atom. The number of amides is 2. The summed E-state index contributed by atoms with van der Waals surface area (Å²) >= 11 is 0. The standard InChI is InChI=1S/C16H9F2NO2/c17-11-7-5-10(6-8-11)12-9-15(20)19(16(12)21)14-4-2-1-3-13(14)18/h1-9H. The van der Waals surface area contributed by atoms with Crippen LogP contribution in [0.1, 0.15) is 5.56 Å². The van der Waals surface area contributed by atoms with Crippen LogP contribution in [0.5, 0.6) is 0 Å². The van der Waals surface area contributed by atoms with Gasteiger partial charge in [0.15, 0.2) is 0 Å². The van der Waals surface area contributed by atoms with Crippen molar-refractivity contribution in [3.05, 3.63) is 71.8 Å². The van der Waals surface area contributed by atoms with E-state index in [1.54, 1.807) is 0 Å². The molecule has 0 saturated carbocycles. The van der Waals surface area contributed by atoms with Crippen molar-refractivity contribution in [2.75, 3.05) is 4.90 Å². The van der Waals surface area contributed by atoms with Gasteiger partial charge in [-0.2, -0.15) is 0 Å². The number of rotatable bonds is 2. The lowest BCUT2D eigenvalue weighted by atomic mass is 10.1. The van der Waals surface area contributed by atoms with E-state index in [1.807, 2.05) is 0 Å². The molecule has 0 radical (unpaired) electrons. The van der Waals surface area contributed by atoms with E-state index in [-0.39, 0.29) is 11.3 Å². The van der Waals surface area contributed by atoms with Crippen LogP contribution in [0.25, 0.3) is 5.57 Å². The molecule has 0 bridgehead atoms. The van der Waals surface area contributed by atoms with Gasteiger partial charge in [0.05, 0.1) is 11.3 Å². The fourth-order valence-corrected chi connectivity index (χ4v) is 2.17. The Morgan fingerprint density at radius 2 is 1.52 bits per heavy atom. The number of hydrogen-bond acceptors (Lipinski definition) is 2. The minimum Gasteiger partial charge on any atom is -0.269 e. The minimum absolute atomic E-state index is 0.0964. The Morgan fingerprint density at radius 3 is 2.19 bits per heavy atom. The molecule has 0 unspecified atom stereocenters. The zero-order valence-electron chi connectivity index (χ0n) is 10.7. The third kappa shape index (κ3) is 2.23. The lowest BCUT2D eigenvalue weighted by Gasteiger charge is -2.15. The first kappa shape index (κ1) is 13.2. The summed E-state index contributed by atoms with van der Waals surface area (Å²) in [6.45, 7) is 0. The molecular weight excluding hydrogens is 276 g/mol. The molecular formula is C16H9F2NO2. The van der Waals surface area contributed by atoms with Crippen LogP contribution in [0.15, 0.2) is 54.6 Å². The second kappa shape index (κ2) is 4.94. The van der Waals surface area contributed by atoms with E-state index in [2.05, 4.69) is 0 Å². The summed E-state index contributed by atoms with van der Waals surface area (Å²) in [6.07, 6.45) is 1.13. The first-order valence-electron chi connectivity index (χ1n) is 6.18. The van der Waals surface area contributed by atoms with Gasteiger partial charge >= 0.3 is 0 Å². The van der Waals surface area contributed by atoms with Gasteiger partial charge in [-0.3, -0.25) is 9.59 Å². The smallest absolute Gasteiger partial charge is 0.266 e. The van der Waals surface area contributed by atoms with Crippen molar-refractivity contribution in [1.82, 2.24) is 0 Å². The van der Waals surface area contributed by atoms with Crippen molar-refractivity contribution < 1.29 is 18.4 Å². The molecule has 0 spiro atoms. The lowest BCUT2D eigenvalue weighted by Crippen LogP contribution is -2.31. The SMILES string of the molecule is O=C1C=C(c2ccc(F)cc2)C(=O)N1c1ccccc1F. The number of carbonyl (C=O) groups excluding carboxylic acids is 2. The molecule has 104 valence electrons. The quantitative estimate of drug-likeness (QED) is 0.796. The average molecular weight is 285 g/mol. The molecule has 3 nitrogen and oxygen atoms in total. The molecule has 21 heavy (non-hydrogen) atoms. The van der Waals surface area contributed by atoms with Gasteiger partial charge < -0.3 is 0 Å². The number of halogens is 2. The number of benzene rings is 2. The highest BCUT2D eigenvalue weighted by molar-refractivity contribution is 6.43. The number of anilines is 1. The van der Waals surface area contributed by atoms with Crippen molar-refractivity contribution in [3.8, 4) is 0 Å². The summed E-state index contributed by atoms with van der Waals surface area (Å²) in [6, 6.07) is 10.7. The minimum atomic E-state index is -0.659. The monoisotopic (exact) mass is 285 g/mol.